The normalized spacial score (nSPS) is 17.8. The van der Waals surface area contributed by atoms with Gasteiger partial charge in [-0.1, -0.05) is 19.3 Å². The quantitative estimate of drug-likeness (QED) is 0.574. The number of nitrogens with one attached hydrogen (secondary N) is 1. The van der Waals surface area contributed by atoms with Gasteiger partial charge >= 0.3 is 0 Å². The Morgan fingerprint density at radius 1 is 1.22 bits per heavy atom. The van der Waals surface area contributed by atoms with E-state index in [2.05, 4.69) is 4.72 Å². The number of hydrogen-bond donors (Lipinski definition) is 3. The predicted molar refractivity (Wildman–Crippen MR) is 69.7 cm³/mol. The van der Waals surface area contributed by atoms with Gasteiger partial charge in [0, 0.05) is 6.04 Å². The molecular formula is C12H18N2O3S. The molecule has 1 saturated carbocycles. The summed E-state index contributed by atoms with van der Waals surface area (Å²) >= 11 is 0. The van der Waals surface area contributed by atoms with Gasteiger partial charge < -0.3 is 10.8 Å². The van der Waals surface area contributed by atoms with Gasteiger partial charge in [0.25, 0.3) is 0 Å². The number of anilines is 1. The molecule has 1 aliphatic carbocycles. The molecule has 0 aromatic heterocycles. The molecule has 0 amide bonds. The fraction of sp³-hybridized carbons (Fsp3) is 0.500. The fourth-order valence-corrected chi connectivity index (χ4v) is 3.55. The second-order valence-corrected chi connectivity index (χ2v) is 6.39. The molecule has 0 spiro atoms. The Morgan fingerprint density at radius 3 is 2.50 bits per heavy atom. The van der Waals surface area contributed by atoms with Crippen molar-refractivity contribution in [2.75, 3.05) is 5.73 Å². The van der Waals surface area contributed by atoms with Gasteiger partial charge in [-0.25, -0.2) is 13.1 Å². The summed E-state index contributed by atoms with van der Waals surface area (Å²) in [5.41, 5.74) is 5.58. The minimum atomic E-state index is -3.54. The Balaban J connectivity index is 2.16. The Kier molecular flexibility index (Phi) is 3.77. The minimum absolute atomic E-state index is 0.0128. The highest BCUT2D eigenvalue weighted by atomic mass is 32.2. The van der Waals surface area contributed by atoms with Crippen LogP contribution < -0.4 is 10.5 Å². The number of phenolic OH excluding ortho intramolecular Hbond substituents is 1. The maximum atomic E-state index is 12.1. The van der Waals surface area contributed by atoms with Crippen LogP contribution in [0.5, 0.6) is 5.75 Å². The van der Waals surface area contributed by atoms with E-state index in [4.69, 9.17) is 5.73 Å². The number of phenols is 1. The van der Waals surface area contributed by atoms with E-state index in [0.717, 1.165) is 25.7 Å². The maximum absolute atomic E-state index is 12.1. The van der Waals surface area contributed by atoms with Crippen LogP contribution in [0.2, 0.25) is 0 Å². The molecule has 18 heavy (non-hydrogen) atoms. The van der Waals surface area contributed by atoms with Gasteiger partial charge in [-0.15, -0.1) is 0 Å². The standard InChI is InChI=1S/C12H18N2O3S/c13-11-8-10(6-7-12(11)15)18(16,17)14-9-4-2-1-3-5-9/h6-9,14-15H,1-5,13H2. The van der Waals surface area contributed by atoms with Crippen LogP contribution in [-0.4, -0.2) is 19.6 Å². The van der Waals surface area contributed by atoms with Gasteiger partial charge in [-0.2, -0.15) is 0 Å². The van der Waals surface area contributed by atoms with E-state index in [1.165, 1.54) is 24.6 Å². The minimum Gasteiger partial charge on any atom is -0.506 e. The monoisotopic (exact) mass is 270 g/mol. The van der Waals surface area contributed by atoms with E-state index in [1.54, 1.807) is 0 Å². The van der Waals surface area contributed by atoms with Crippen LogP contribution in [0.4, 0.5) is 5.69 Å². The van der Waals surface area contributed by atoms with Crippen LogP contribution in [0, 0.1) is 0 Å². The summed E-state index contributed by atoms with van der Waals surface area (Å²) in [4.78, 5) is 0.100. The fourth-order valence-electron chi connectivity index (χ4n) is 2.21. The number of hydrogen-bond acceptors (Lipinski definition) is 4. The average molecular weight is 270 g/mol. The number of nitrogens with two attached hydrogens (primary N) is 1. The molecule has 0 aliphatic heterocycles. The zero-order chi connectivity index (χ0) is 13.2. The lowest BCUT2D eigenvalue weighted by Crippen LogP contribution is -2.36. The zero-order valence-corrected chi connectivity index (χ0v) is 10.9. The van der Waals surface area contributed by atoms with Gasteiger partial charge in [0.15, 0.2) is 0 Å². The zero-order valence-electron chi connectivity index (χ0n) is 10.1. The van der Waals surface area contributed by atoms with Crippen molar-refractivity contribution < 1.29 is 13.5 Å². The van der Waals surface area contributed by atoms with E-state index >= 15 is 0 Å². The molecule has 5 nitrogen and oxygen atoms in total. The van der Waals surface area contributed by atoms with Crippen LogP contribution in [-0.2, 0) is 10.0 Å². The largest absolute Gasteiger partial charge is 0.506 e. The van der Waals surface area contributed by atoms with Gasteiger partial charge in [0.2, 0.25) is 10.0 Å². The van der Waals surface area contributed by atoms with Crippen LogP contribution in [0.25, 0.3) is 0 Å². The van der Waals surface area contributed by atoms with E-state index < -0.39 is 10.0 Å². The van der Waals surface area contributed by atoms with E-state index in [-0.39, 0.29) is 22.4 Å². The first-order valence-corrected chi connectivity index (χ1v) is 7.58. The molecule has 1 aromatic rings. The van der Waals surface area contributed by atoms with Gasteiger partial charge in [-0.3, -0.25) is 0 Å². The third-order valence-corrected chi connectivity index (χ3v) is 4.75. The highest BCUT2D eigenvalue weighted by Crippen LogP contribution is 2.24. The summed E-state index contributed by atoms with van der Waals surface area (Å²) in [6, 6.07) is 3.95. The summed E-state index contributed by atoms with van der Waals surface area (Å²) in [7, 11) is -3.54. The van der Waals surface area contributed by atoms with E-state index in [1.807, 2.05) is 0 Å². The molecule has 2 rings (SSSR count). The Labute approximate surface area is 107 Å². The van der Waals surface area contributed by atoms with Crippen molar-refractivity contribution in [3.8, 4) is 5.75 Å². The van der Waals surface area contributed by atoms with Crippen molar-refractivity contribution in [3.63, 3.8) is 0 Å². The molecular weight excluding hydrogens is 252 g/mol. The highest BCUT2D eigenvalue weighted by Gasteiger charge is 2.22. The molecule has 6 heteroatoms. The summed E-state index contributed by atoms with van der Waals surface area (Å²) in [6.45, 7) is 0. The van der Waals surface area contributed by atoms with Crippen molar-refractivity contribution >= 4 is 15.7 Å². The highest BCUT2D eigenvalue weighted by molar-refractivity contribution is 7.89. The van der Waals surface area contributed by atoms with Crippen molar-refractivity contribution in [3.05, 3.63) is 18.2 Å². The van der Waals surface area contributed by atoms with Crippen LogP contribution in [0.3, 0.4) is 0 Å². The Morgan fingerprint density at radius 2 is 1.89 bits per heavy atom. The molecule has 0 heterocycles. The van der Waals surface area contributed by atoms with Crippen molar-refractivity contribution in [2.24, 2.45) is 0 Å². The summed E-state index contributed by atoms with van der Waals surface area (Å²) < 4.78 is 26.9. The van der Waals surface area contributed by atoms with Crippen molar-refractivity contribution in [1.29, 1.82) is 0 Å². The topological polar surface area (TPSA) is 92.4 Å². The first-order chi connectivity index (χ1) is 8.49. The van der Waals surface area contributed by atoms with Crippen molar-refractivity contribution in [1.82, 2.24) is 4.72 Å². The lowest BCUT2D eigenvalue weighted by atomic mass is 9.96. The second kappa shape index (κ2) is 5.16. The molecule has 0 bridgehead atoms. The smallest absolute Gasteiger partial charge is 0.240 e. The molecule has 100 valence electrons. The molecule has 0 radical (unpaired) electrons. The summed E-state index contributed by atoms with van der Waals surface area (Å²) in [6.07, 6.45) is 5.06. The summed E-state index contributed by atoms with van der Waals surface area (Å²) in [5, 5.41) is 9.29. The Hall–Kier alpha value is -1.27. The lowest BCUT2D eigenvalue weighted by molar-refractivity contribution is 0.412. The summed E-state index contributed by atoms with van der Waals surface area (Å²) in [5.74, 6) is -0.105. The number of rotatable bonds is 3. The number of aromatic hydroxyl groups is 1. The van der Waals surface area contributed by atoms with Gasteiger partial charge in [0.05, 0.1) is 10.6 Å². The molecule has 0 unspecified atom stereocenters. The molecule has 1 fully saturated rings. The third-order valence-electron chi connectivity index (χ3n) is 3.24. The Bertz CT molecular complexity index is 522. The van der Waals surface area contributed by atoms with E-state index in [0.29, 0.717) is 0 Å². The molecule has 1 aromatic carbocycles. The molecule has 1 aliphatic rings. The van der Waals surface area contributed by atoms with Gasteiger partial charge in [0.1, 0.15) is 5.75 Å². The predicted octanol–water partition coefficient (Wildman–Crippen LogP) is 1.59. The van der Waals surface area contributed by atoms with E-state index in [9.17, 15) is 13.5 Å². The second-order valence-electron chi connectivity index (χ2n) is 4.68. The molecule has 4 N–H and O–H groups in total. The maximum Gasteiger partial charge on any atom is 0.240 e. The molecule has 0 atom stereocenters. The third kappa shape index (κ3) is 2.94. The lowest BCUT2D eigenvalue weighted by Gasteiger charge is -2.22. The first kappa shape index (κ1) is 13.2. The van der Waals surface area contributed by atoms with Crippen LogP contribution in [0.1, 0.15) is 32.1 Å². The SMILES string of the molecule is Nc1cc(S(=O)(=O)NC2CCCCC2)ccc1O. The van der Waals surface area contributed by atoms with Crippen molar-refractivity contribution in [2.45, 2.75) is 43.0 Å². The first-order valence-electron chi connectivity index (χ1n) is 6.10. The average Bonchev–Trinajstić information content (AvgIpc) is 2.33. The number of benzene rings is 1. The number of nitrogen functional groups attached to an aromatic ring is 1. The number of sulfonamides is 1. The van der Waals surface area contributed by atoms with Crippen LogP contribution in [0.15, 0.2) is 23.1 Å². The van der Waals surface area contributed by atoms with Crippen LogP contribution >= 0.6 is 0 Å². The van der Waals surface area contributed by atoms with Gasteiger partial charge in [-0.05, 0) is 31.0 Å². The molecule has 0 saturated heterocycles.